The summed E-state index contributed by atoms with van der Waals surface area (Å²) in [4.78, 5) is 0. The first-order chi connectivity index (χ1) is 5.06. The molecule has 0 unspecified atom stereocenters. The highest BCUT2D eigenvalue weighted by Crippen LogP contribution is 2.09. The van der Waals surface area contributed by atoms with E-state index >= 15 is 0 Å². The van der Waals surface area contributed by atoms with Gasteiger partial charge in [0, 0.05) is 5.41 Å². The first-order valence-corrected chi connectivity index (χ1v) is 4.50. The smallest absolute Gasteiger partial charge is 0.0230 e. The van der Waals surface area contributed by atoms with E-state index in [9.17, 15) is 0 Å². The van der Waals surface area contributed by atoms with Gasteiger partial charge < -0.3 is 0 Å². The van der Waals surface area contributed by atoms with Gasteiger partial charge in [0.05, 0.1) is 0 Å². The summed E-state index contributed by atoms with van der Waals surface area (Å²) in [6.45, 7) is 16.9. The lowest BCUT2D eigenvalue weighted by Gasteiger charge is -2.05. The lowest BCUT2D eigenvalue weighted by molar-refractivity contribution is 0.469. The van der Waals surface area contributed by atoms with Gasteiger partial charge in [-0.05, 0) is 33.1 Å². The fourth-order valence-electron chi connectivity index (χ4n) is 0.375. The highest BCUT2D eigenvalue weighted by Gasteiger charge is 2.01. The Morgan fingerprint density at radius 3 is 1.00 bits per heavy atom. The summed E-state index contributed by atoms with van der Waals surface area (Å²) in [5.41, 5.74) is 0.689. The van der Waals surface area contributed by atoms with Crippen LogP contribution in [0.2, 0.25) is 0 Å². The molecule has 0 heterocycles. The summed E-state index contributed by atoms with van der Waals surface area (Å²) in [5.74, 6) is 5.89. The summed E-state index contributed by atoms with van der Waals surface area (Å²) in [7, 11) is 0. The first kappa shape index (κ1) is 14.1. The maximum atomic E-state index is 3.03. The fourth-order valence-corrected chi connectivity index (χ4v) is 0.375. The molecule has 0 aromatic carbocycles. The third kappa shape index (κ3) is 55.3. The van der Waals surface area contributed by atoms with Crippen molar-refractivity contribution in [3.63, 3.8) is 0 Å². The molecule has 12 heavy (non-hydrogen) atoms. The second kappa shape index (κ2) is 5.25. The molecule has 0 saturated carbocycles. The van der Waals surface area contributed by atoms with E-state index in [1.807, 2.05) is 6.92 Å². The van der Waals surface area contributed by atoms with Gasteiger partial charge in [-0.15, -0.1) is 5.92 Å². The van der Waals surface area contributed by atoms with Crippen molar-refractivity contribution in [1.82, 2.24) is 0 Å². The second-order valence-electron chi connectivity index (χ2n) is 5.62. The van der Waals surface area contributed by atoms with Crippen LogP contribution in [0.25, 0.3) is 0 Å². The zero-order valence-electron chi connectivity index (χ0n) is 10.0. The number of hydrogen-bond donors (Lipinski definition) is 0. The van der Waals surface area contributed by atoms with Crippen LogP contribution in [0, 0.1) is 22.7 Å². The van der Waals surface area contributed by atoms with E-state index in [4.69, 9.17) is 0 Å². The normalized spacial score (nSPS) is 10.7. The van der Waals surface area contributed by atoms with Crippen molar-refractivity contribution in [2.45, 2.75) is 55.4 Å². The van der Waals surface area contributed by atoms with Crippen LogP contribution in [0.15, 0.2) is 0 Å². The average Bonchev–Trinajstić information content (AvgIpc) is 1.54. The molecule has 0 aliphatic heterocycles. The third-order valence-electron chi connectivity index (χ3n) is 0.500. The van der Waals surface area contributed by atoms with Crippen molar-refractivity contribution >= 4 is 0 Å². The van der Waals surface area contributed by atoms with Crippen molar-refractivity contribution in [1.29, 1.82) is 0 Å². The highest BCUT2D eigenvalue weighted by atomic mass is 14.0. The van der Waals surface area contributed by atoms with Gasteiger partial charge in [0.15, 0.2) is 0 Å². The SMILES string of the molecule is CC#CC(C)(C)C.CC(C)(C)C. The lowest BCUT2D eigenvalue weighted by atomic mass is 9.98. The molecule has 0 fully saturated rings. The van der Waals surface area contributed by atoms with Crippen molar-refractivity contribution in [2.75, 3.05) is 0 Å². The van der Waals surface area contributed by atoms with Gasteiger partial charge >= 0.3 is 0 Å². The average molecular weight is 168 g/mol. The van der Waals surface area contributed by atoms with Crippen molar-refractivity contribution in [2.24, 2.45) is 10.8 Å². The molecule has 0 aliphatic rings. The van der Waals surface area contributed by atoms with E-state index in [-0.39, 0.29) is 5.41 Å². The summed E-state index contributed by atoms with van der Waals surface area (Å²) in [6.07, 6.45) is 0. The molecule has 0 nitrogen and oxygen atoms in total. The molecule has 0 radical (unpaired) electrons. The largest absolute Gasteiger partial charge is 0.106 e. The van der Waals surface area contributed by atoms with Crippen LogP contribution in [0.1, 0.15) is 55.4 Å². The molecule has 0 aliphatic carbocycles. The van der Waals surface area contributed by atoms with Crippen LogP contribution < -0.4 is 0 Å². The predicted octanol–water partition coefficient (Wildman–Crippen LogP) is 4.11. The van der Waals surface area contributed by atoms with Gasteiger partial charge in [0.25, 0.3) is 0 Å². The topological polar surface area (TPSA) is 0 Å². The van der Waals surface area contributed by atoms with Gasteiger partial charge in [0.1, 0.15) is 0 Å². The van der Waals surface area contributed by atoms with Crippen molar-refractivity contribution in [3.8, 4) is 11.8 Å². The summed E-state index contributed by atoms with van der Waals surface area (Å²) in [6, 6.07) is 0. The number of hydrogen-bond acceptors (Lipinski definition) is 0. The van der Waals surface area contributed by atoms with Crippen LogP contribution in [0.3, 0.4) is 0 Å². The number of rotatable bonds is 0. The molecule has 0 spiro atoms. The van der Waals surface area contributed by atoms with Gasteiger partial charge in [-0.3, -0.25) is 0 Å². The third-order valence-corrected chi connectivity index (χ3v) is 0.500. The van der Waals surface area contributed by atoms with E-state index in [1.165, 1.54) is 0 Å². The van der Waals surface area contributed by atoms with Crippen molar-refractivity contribution < 1.29 is 0 Å². The van der Waals surface area contributed by atoms with Gasteiger partial charge in [-0.25, -0.2) is 0 Å². The molecule has 0 amide bonds. The molecule has 72 valence electrons. The van der Waals surface area contributed by atoms with E-state index in [0.29, 0.717) is 5.41 Å². The highest BCUT2D eigenvalue weighted by molar-refractivity contribution is 5.04. The van der Waals surface area contributed by atoms with Gasteiger partial charge in [-0.2, -0.15) is 0 Å². The Kier molecular flexibility index (Phi) is 6.17. The molecule has 0 heteroatoms. The standard InChI is InChI=1S/C7H12.C5H12/c1-5-6-7(2,3)4;1-5(2,3)4/h1-4H3;1-4H3. The molecule has 0 aromatic heterocycles. The molecule has 0 N–H and O–H groups in total. The first-order valence-electron chi connectivity index (χ1n) is 4.50. The molecular formula is C12H24. The molecule has 0 aromatic rings. The van der Waals surface area contributed by atoms with Crippen LogP contribution in [-0.4, -0.2) is 0 Å². The predicted molar refractivity (Wildman–Crippen MR) is 58.0 cm³/mol. The van der Waals surface area contributed by atoms with Crippen LogP contribution in [0.4, 0.5) is 0 Å². The maximum absolute atomic E-state index is 3.03. The minimum atomic E-state index is 0.189. The van der Waals surface area contributed by atoms with Crippen LogP contribution >= 0.6 is 0 Å². The van der Waals surface area contributed by atoms with Crippen molar-refractivity contribution in [3.05, 3.63) is 0 Å². The van der Waals surface area contributed by atoms with Gasteiger partial charge in [0.2, 0.25) is 0 Å². The molecule has 0 atom stereocenters. The minimum absolute atomic E-state index is 0.189. The van der Waals surface area contributed by atoms with E-state index < -0.39 is 0 Å². The summed E-state index contributed by atoms with van der Waals surface area (Å²) >= 11 is 0. The second-order valence-corrected chi connectivity index (χ2v) is 5.62. The Balaban J connectivity index is 0. The zero-order valence-corrected chi connectivity index (χ0v) is 10.0. The fraction of sp³-hybridized carbons (Fsp3) is 0.833. The summed E-state index contributed by atoms with van der Waals surface area (Å²) in [5, 5.41) is 0. The summed E-state index contributed by atoms with van der Waals surface area (Å²) < 4.78 is 0. The Bertz CT molecular complexity index is 145. The molecular weight excluding hydrogens is 144 g/mol. The minimum Gasteiger partial charge on any atom is -0.106 e. The Morgan fingerprint density at radius 1 is 0.750 bits per heavy atom. The van der Waals surface area contributed by atoms with E-state index in [2.05, 4.69) is 60.3 Å². The maximum Gasteiger partial charge on any atom is 0.0230 e. The van der Waals surface area contributed by atoms with E-state index in [0.717, 1.165) is 0 Å². The quantitative estimate of drug-likeness (QED) is 0.477. The molecule has 0 bridgehead atoms. The van der Waals surface area contributed by atoms with Crippen LogP contribution in [0.5, 0.6) is 0 Å². The van der Waals surface area contributed by atoms with E-state index in [1.54, 1.807) is 0 Å². The lowest BCUT2D eigenvalue weighted by Crippen LogP contribution is -1.98. The monoisotopic (exact) mass is 168 g/mol. The Hall–Kier alpha value is -0.440. The van der Waals surface area contributed by atoms with Gasteiger partial charge in [-0.1, -0.05) is 33.6 Å². The van der Waals surface area contributed by atoms with Crippen LogP contribution in [-0.2, 0) is 0 Å². The Morgan fingerprint density at radius 2 is 1.00 bits per heavy atom. The molecule has 0 rings (SSSR count). The zero-order chi connectivity index (χ0) is 10.4. The Labute approximate surface area is 78.8 Å². The molecule has 0 saturated heterocycles.